The van der Waals surface area contributed by atoms with Gasteiger partial charge in [-0.25, -0.2) is 9.98 Å². The number of halogens is 1. The van der Waals surface area contributed by atoms with Gasteiger partial charge in [-0.05, 0) is 25.0 Å². The number of aliphatic imine (C=N–C) groups is 1. The number of thiazole rings is 1. The van der Waals surface area contributed by atoms with Crippen LogP contribution in [0.4, 0.5) is 0 Å². The van der Waals surface area contributed by atoms with Gasteiger partial charge in [-0.15, -0.1) is 35.3 Å². The summed E-state index contributed by atoms with van der Waals surface area (Å²) >= 11 is 1.71. The molecule has 2 N–H and O–H groups in total. The van der Waals surface area contributed by atoms with Crippen molar-refractivity contribution < 1.29 is 4.74 Å². The molecule has 0 unspecified atom stereocenters. The van der Waals surface area contributed by atoms with Crippen LogP contribution >= 0.6 is 35.3 Å². The predicted molar refractivity (Wildman–Crippen MR) is 126 cm³/mol. The first kappa shape index (κ1) is 23.1. The Morgan fingerprint density at radius 2 is 2.04 bits per heavy atom. The number of benzene rings is 1. The molecule has 0 saturated carbocycles. The number of morpholine rings is 1. The SMILES string of the molecule is CCNC(=NCc1cccc(CN2CCOCC2)c1)NCc1ncc(C)s1.I. The van der Waals surface area contributed by atoms with Gasteiger partial charge < -0.3 is 15.4 Å². The maximum absolute atomic E-state index is 5.43. The van der Waals surface area contributed by atoms with Gasteiger partial charge in [-0.3, -0.25) is 4.90 Å². The fourth-order valence-electron chi connectivity index (χ4n) is 3.00. The summed E-state index contributed by atoms with van der Waals surface area (Å²) in [4.78, 5) is 12.8. The van der Waals surface area contributed by atoms with E-state index in [1.807, 2.05) is 6.20 Å². The Labute approximate surface area is 188 Å². The maximum Gasteiger partial charge on any atom is 0.191 e. The summed E-state index contributed by atoms with van der Waals surface area (Å²) in [5, 5.41) is 7.74. The van der Waals surface area contributed by atoms with Crippen molar-refractivity contribution in [2.45, 2.75) is 33.5 Å². The number of hydrogen-bond donors (Lipinski definition) is 2. The molecule has 1 fully saturated rings. The minimum absolute atomic E-state index is 0. The maximum atomic E-state index is 5.43. The normalized spacial score (nSPS) is 15.1. The molecule has 1 aromatic heterocycles. The second-order valence-corrected chi connectivity index (χ2v) is 7.94. The van der Waals surface area contributed by atoms with Gasteiger partial charge in [0.25, 0.3) is 0 Å². The molecule has 154 valence electrons. The highest BCUT2D eigenvalue weighted by atomic mass is 127. The summed E-state index contributed by atoms with van der Waals surface area (Å²) in [6.07, 6.45) is 1.91. The van der Waals surface area contributed by atoms with Gasteiger partial charge in [-0.1, -0.05) is 24.3 Å². The van der Waals surface area contributed by atoms with E-state index in [9.17, 15) is 0 Å². The molecular formula is C20H30IN5OS. The highest BCUT2D eigenvalue weighted by Gasteiger charge is 2.10. The topological polar surface area (TPSA) is 61.8 Å². The lowest BCUT2D eigenvalue weighted by Gasteiger charge is -2.26. The van der Waals surface area contributed by atoms with E-state index in [0.717, 1.165) is 50.4 Å². The summed E-state index contributed by atoms with van der Waals surface area (Å²) in [5.74, 6) is 0.823. The molecule has 8 heteroatoms. The molecule has 3 rings (SSSR count). The summed E-state index contributed by atoms with van der Waals surface area (Å²) in [6, 6.07) is 8.71. The van der Waals surface area contributed by atoms with Crippen LogP contribution in [0.15, 0.2) is 35.5 Å². The molecule has 6 nitrogen and oxygen atoms in total. The zero-order chi connectivity index (χ0) is 18.9. The van der Waals surface area contributed by atoms with Gasteiger partial charge >= 0.3 is 0 Å². The van der Waals surface area contributed by atoms with E-state index in [0.29, 0.717) is 13.1 Å². The summed E-state index contributed by atoms with van der Waals surface area (Å²) < 4.78 is 5.43. The van der Waals surface area contributed by atoms with Crippen molar-refractivity contribution in [3.63, 3.8) is 0 Å². The van der Waals surface area contributed by atoms with E-state index >= 15 is 0 Å². The van der Waals surface area contributed by atoms with Crippen molar-refractivity contribution in [3.05, 3.63) is 51.5 Å². The lowest BCUT2D eigenvalue weighted by Crippen LogP contribution is -2.36. The molecule has 2 heterocycles. The van der Waals surface area contributed by atoms with Gasteiger partial charge in [-0.2, -0.15) is 0 Å². The fraction of sp³-hybridized carbons (Fsp3) is 0.500. The molecular weight excluding hydrogens is 485 g/mol. The van der Waals surface area contributed by atoms with Crippen LogP contribution in [0, 0.1) is 6.92 Å². The lowest BCUT2D eigenvalue weighted by atomic mass is 10.1. The quantitative estimate of drug-likeness (QED) is 0.337. The van der Waals surface area contributed by atoms with Crippen LogP contribution in [0.1, 0.15) is 27.9 Å². The number of hydrogen-bond acceptors (Lipinski definition) is 5. The molecule has 2 aromatic rings. The molecule has 1 aliphatic heterocycles. The van der Waals surface area contributed by atoms with Crippen molar-refractivity contribution in [2.24, 2.45) is 4.99 Å². The van der Waals surface area contributed by atoms with Crippen LogP contribution in [0.3, 0.4) is 0 Å². The standard InChI is InChI=1S/C20H29N5OS.HI/c1-3-21-20(24-14-19-22-12-16(2)27-19)23-13-17-5-4-6-18(11-17)15-25-7-9-26-10-8-25;/h4-6,11-12H,3,7-10,13-15H2,1-2H3,(H2,21,23,24);1H. The molecule has 1 aliphatic rings. The van der Waals surface area contributed by atoms with Crippen molar-refractivity contribution >= 4 is 41.3 Å². The van der Waals surface area contributed by atoms with Crippen LogP contribution in [-0.4, -0.2) is 48.7 Å². The average molecular weight is 515 g/mol. The highest BCUT2D eigenvalue weighted by molar-refractivity contribution is 14.0. The molecule has 0 radical (unpaired) electrons. The number of nitrogens with one attached hydrogen (secondary N) is 2. The van der Waals surface area contributed by atoms with Crippen LogP contribution < -0.4 is 10.6 Å². The second kappa shape index (κ2) is 12.4. The summed E-state index contributed by atoms with van der Waals surface area (Å²) in [6.45, 7) is 11.0. The monoisotopic (exact) mass is 515 g/mol. The molecule has 0 spiro atoms. The molecule has 28 heavy (non-hydrogen) atoms. The zero-order valence-corrected chi connectivity index (χ0v) is 19.8. The third-order valence-electron chi connectivity index (χ3n) is 4.34. The van der Waals surface area contributed by atoms with E-state index in [2.05, 4.69) is 58.6 Å². The zero-order valence-electron chi connectivity index (χ0n) is 16.6. The first-order chi connectivity index (χ1) is 13.2. The van der Waals surface area contributed by atoms with Gasteiger partial charge in [0, 0.05) is 37.3 Å². The van der Waals surface area contributed by atoms with Crippen molar-refractivity contribution in [1.82, 2.24) is 20.5 Å². The van der Waals surface area contributed by atoms with Crippen LogP contribution in [-0.2, 0) is 24.4 Å². The van der Waals surface area contributed by atoms with Gasteiger partial charge in [0.15, 0.2) is 5.96 Å². The molecule has 1 aromatic carbocycles. The van der Waals surface area contributed by atoms with E-state index in [1.54, 1.807) is 11.3 Å². The Morgan fingerprint density at radius 3 is 2.75 bits per heavy atom. The summed E-state index contributed by atoms with van der Waals surface area (Å²) in [7, 11) is 0. The van der Waals surface area contributed by atoms with E-state index in [4.69, 9.17) is 9.73 Å². The van der Waals surface area contributed by atoms with E-state index in [-0.39, 0.29) is 24.0 Å². The van der Waals surface area contributed by atoms with Gasteiger partial charge in [0.05, 0.1) is 26.3 Å². The largest absolute Gasteiger partial charge is 0.379 e. The molecule has 0 aliphatic carbocycles. The van der Waals surface area contributed by atoms with Crippen LogP contribution in [0.25, 0.3) is 0 Å². The average Bonchev–Trinajstić information content (AvgIpc) is 3.10. The minimum atomic E-state index is 0. The van der Waals surface area contributed by atoms with Gasteiger partial charge in [0.2, 0.25) is 0 Å². The van der Waals surface area contributed by atoms with Crippen molar-refractivity contribution in [2.75, 3.05) is 32.8 Å². The molecule has 0 amide bonds. The number of aromatic nitrogens is 1. The van der Waals surface area contributed by atoms with Crippen LogP contribution in [0.2, 0.25) is 0 Å². The molecule has 1 saturated heterocycles. The molecule has 0 bridgehead atoms. The fourth-order valence-corrected chi connectivity index (χ4v) is 3.73. The molecule has 0 atom stereocenters. The first-order valence-electron chi connectivity index (χ1n) is 9.54. The highest BCUT2D eigenvalue weighted by Crippen LogP contribution is 2.12. The van der Waals surface area contributed by atoms with Crippen LogP contribution in [0.5, 0.6) is 0 Å². The van der Waals surface area contributed by atoms with Gasteiger partial charge in [0.1, 0.15) is 5.01 Å². The van der Waals surface area contributed by atoms with E-state index < -0.39 is 0 Å². The predicted octanol–water partition coefficient (Wildman–Crippen LogP) is 3.16. The smallest absolute Gasteiger partial charge is 0.191 e. The Bertz CT molecular complexity index is 746. The Morgan fingerprint density at radius 1 is 1.25 bits per heavy atom. The minimum Gasteiger partial charge on any atom is -0.379 e. The Hall–Kier alpha value is -1.23. The third-order valence-corrected chi connectivity index (χ3v) is 5.25. The number of ether oxygens (including phenoxy) is 1. The third kappa shape index (κ3) is 7.65. The second-order valence-electron chi connectivity index (χ2n) is 6.62. The number of guanidine groups is 1. The number of nitrogens with zero attached hydrogens (tertiary/aromatic N) is 3. The Kier molecular flexibility index (Phi) is 10.2. The van der Waals surface area contributed by atoms with Crippen molar-refractivity contribution in [3.8, 4) is 0 Å². The van der Waals surface area contributed by atoms with E-state index in [1.165, 1.54) is 16.0 Å². The number of aryl methyl sites for hydroxylation is 1. The Balaban J connectivity index is 0.00000280. The summed E-state index contributed by atoms with van der Waals surface area (Å²) in [5.41, 5.74) is 2.56. The van der Waals surface area contributed by atoms with Crippen molar-refractivity contribution in [1.29, 1.82) is 0 Å². The lowest BCUT2D eigenvalue weighted by molar-refractivity contribution is 0.0342. The first-order valence-corrected chi connectivity index (χ1v) is 10.4. The number of rotatable bonds is 7.